The average Bonchev–Trinajstić information content (AvgIpc) is 2.70. The Morgan fingerprint density at radius 2 is 1.90 bits per heavy atom. The van der Waals surface area contributed by atoms with Gasteiger partial charge in [0.05, 0.1) is 16.8 Å². The second-order valence-corrected chi connectivity index (χ2v) is 7.46. The summed E-state index contributed by atoms with van der Waals surface area (Å²) in [4.78, 5) is 25.0. The molecule has 0 aliphatic heterocycles. The fourth-order valence-corrected chi connectivity index (χ4v) is 2.94. The molecule has 0 radical (unpaired) electrons. The van der Waals surface area contributed by atoms with Crippen LogP contribution < -0.4 is 15.5 Å². The maximum Gasteiger partial charge on any atom is 0.262 e. The lowest BCUT2D eigenvalue weighted by atomic mass is 10.0. The molecule has 0 spiro atoms. The maximum absolute atomic E-state index is 12.5. The van der Waals surface area contributed by atoms with E-state index in [4.69, 9.17) is 34.4 Å². The number of carbonyl (C=O) groups is 2. The largest absolute Gasteiger partial charge is 0.481 e. The topological polar surface area (TPSA) is 79.8 Å². The summed E-state index contributed by atoms with van der Waals surface area (Å²) in [6.45, 7) is 3.81. The second-order valence-electron chi connectivity index (χ2n) is 6.62. The van der Waals surface area contributed by atoms with Crippen LogP contribution in [-0.2, 0) is 4.79 Å². The van der Waals surface area contributed by atoms with Crippen molar-refractivity contribution in [1.29, 1.82) is 0 Å². The van der Waals surface area contributed by atoms with Crippen LogP contribution in [-0.4, -0.2) is 30.7 Å². The number of nitrogens with one attached hydrogen (secondary N) is 2. The Morgan fingerprint density at radius 1 is 1.20 bits per heavy atom. The summed E-state index contributed by atoms with van der Waals surface area (Å²) in [6, 6.07) is 10.7. The van der Waals surface area contributed by atoms with E-state index in [2.05, 4.69) is 21.8 Å². The Bertz CT molecular complexity index is 967. The van der Waals surface area contributed by atoms with Crippen LogP contribution in [0.1, 0.15) is 29.8 Å². The zero-order valence-electron chi connectivity index (χ0n) is 16.5. The Labute approximate surface area is 185 Å². The number of nitrogens with zero attached hydrogens (tertiary/aromatic N) is 1. The number of hydrazone groups is 1. The van der Waals surface area contributed by atoms with Crippen LogP contribution in [0.5, 0.6) is 5.75 Å². The molecule has 2 aromatic carbocycles. The molecule has 0 fully saturated rings. The van der Waals surface area contributed by atoms with Crippen molar-refractivity contribution in [2.45, 2.75) is 19.9 Å². The molecular formula is C22H21Cl2N3O3. The van der Waals surface area contributed by atoms with E-state index in [1.807, 2.05) is 13.8 Å². The highest BCUT2D eigenvalue weighted by Gasteiger charge is 2.25. The molecule has 1 atom stereocenters. The van der Waals surface area contributed by atoms with Crippen LogP contribution in [0, 0.1) is 18.3 Å². The molecule has 0 aliphatic rings. The van der Waals surface area contributed by atoms with Crippen molar-refractivity contribution < 1.29 is 14.3 Å². The average molecular weight is 446 g/mol. The SMILES string of the molecule is C#CCOc1ccc(C=NNC(=O)C(NC(=O)c2ccc(Cl)cc2Cl)C(C)C)cc1. The molecule has 2 N–H and O–H groups in total. The summed E-state index contributed by atoms with van der Waals surface area (Å²) in [5, 5.41) is 7.26. The van der Waals surface area contributed by atoms with Gasteiger partial charge in [-0.2, -0.15) is 5.10 Å². The molecule has 156 valence electrons. The van der Waals surface area contributed by atoms with E-state index in [-0.39, 0.29) is 23.1 Å². The van der Waals surface area contributed by atoms with E-state index in [0.29, 0.717) is 10.8 Å². The quantitative estimate of drug-likeness (QED) is 0.367. The van der Waals surface area contributed by atoms with E-state index in [1.54, 1.807) is 30.3 Å². The highest BCUT2D eigenvalue weighted by atomic mass is 35.5. The first-order valence-electron chi connectivity index (χ1n) is 9.07. The van der Waals surface area contributed by atoms with Crippen molar-refractivity contribution in [3.63, 3.8) is 0 Å². The van der Waals surface area contributed by atoms with Crippen LogP contribution in [0.25, 0.3) is 0 Å². The predicted molar refractivity (Wildman–Crippen MR) is 119 cm³/mol. The van der Waals surface area contributed by atoms with Crippen molar-refractivity contribution >= 4 is 41.2 Å². The van der Waals surface area contributed by atoms with Gasteiger partial charge in [-0.15, -0.1) is 6.42 Å². The minimum Gasteiger partial charge on any atom is -0.481 e. The third-order valence-electron chi connectivity index (χ3n) is 4.00. The van der Waals surface area contributed by atoms with Gasteiger partial charge in [-0.1, -0.05) is 43.0 Å². The summed E-state index contributed by atoms with van der Waals surface area (Å²) in [5.74, 6) is 1.92. The first kappa shape index (κ1) is 23.3. The predicted octanol–water partition coefficient (Wildman–Crippen LogP) is 3.91. The number of hydrogen-bond donors (Lipinski definition) is 2. The monoisotopic (exact) mass is 445 g/mol. The van der Waals surface area contributed by atoms with Crippen LogP contribution in [0.4, 0.5) is 0 Å². The van der Waals surface area contributed by atoms with Gasteiger partial charge in [-0.25, -0.2) is 5.43 Å². The molecule has 0 bridgehead atoms. The summed E-state index contributed by atoms with van der Waals surface area (Å²) in [5.41, 5.74) is 3.43. The van der Waals surface area contributed by atoms with Crippen molar-refractivity contribution in [3.8, 4) is 18.1 Å². The van der Waals surface area contributed by atoms with Crippen molar-refractivity contribution in [3.05, 3.63) is 63.6 Å². The van der Waals surface area contributed by atoms with Gasteiger partial charge in [0.25, 0.3) is 11.8 Å². The number of hydrogen-bond acceptors (Lipinski definition) is 4. The van der Waals surface area contributed by atoms with Crippen LogP contribution >= 0.6 is 23.2 Å². The lowest BCUT2D eigenvalue weighted by Gasteiger charge is -2.20. The van der Waals surface area contributed by atoms with Crippen LogP contribution in [0.15, 0.2) is 47.6 Å². The lowest BCUT2D eigenvalue weighted by molar-refractivity contribution is -0.123. The number of carbonyl (C=O) groups excluding carboxylic acids is 2. The highest BCUT2D eigenvalue weighted by molar-refractivity contribution is 6.36. The first-order valence-corrected chi connectivity index (χ1v) is 9.82. The van der Waals surface area contributed by atoms with Crippen molar-refractivity contribution in [1.82, 2.24) is 10.7 Å². The number of terminal acetylenes is 1. The summed E-state index contributed by atoms with van der Waals surface area (Å²) < 4.78 is 5.29. The van der Waals surface area contributed by atoms with Crippen molar-refractivity contribution in [2.75, 3.05) is 6.61 Å². The Hall–Kier alpha value is -3.01. The van der Waals surface area contributed by atoms with E-state index < -0.39 is 17.9 Å². The minimum atomic E-state index is -0.805. The molecule has 2 amide bonds. The Balaban J connectivity index is 1.99. The number of ether oxygens (including phenoxy) is 1. The van der Waals surface area contributed by atoms with E-state index >= 15 is 0 Å². The number of amides is 2. The molecule has 30 heavy (non-hydrogen) atoms. The molecule has 0 saturated carbocycles. The van der Waals surface area contributed by atoms with Crippen LogP contribution in [0.2, 0.25) is 10.0 Å². The molecule has 0 saturated heterocycles. The van der Waals surface area contributed by atoms with Gasteiger partial charge in [-0.3, -0.25) is 9.59 Å². The summed E-state index contributed by atoms with van der Waals surface area (Å²) >= 11 is 11.9. The summed E-state index contributed by atoms with van der Waals surface area (Å²) in [7, 11) is 0. The fraction of sp³-hybridized carbons (Fsp3) is 0.227. The highest BCUT2D eigenvalue weighted by Crippen LogP contribution is 2.21. The zero-order chi connectivity index (χ0) is 22.1. The number of benzene rings is 2. The molecule has 6 nitrogen and oxygen atoms in total. The van der Waals surface area contributed by atoms with E-state index in [1.165, 1.54) is 18.3 Å². The standard InChI is InChI=1S/C22H21Cl2N3O3/c1-4-11-30-17-8-5-15(6-9-17)13-25-27-22(29)20(14(2)3)26-21(28)18-10-7-16(23)12-19(18)24/h1,5-10,12-14,20H,11H2,2-3H3,(H,26,28)(H,27,29). The van der Waals surface area contributed by atoms with Gasteiger partial charge < -0.3 is 10.1 Å². The molecule has 1 unspecified atom stereocenters. The molecule has 0 aliphatic carbocycles. The molecule has 2 rings (SSSR count). The maximum atomic E-state index is 12.5. The number of rotatable bonds is 8. The van der Waals surface area contributed by atoms with Gasteiger partial charge >= 0.3 is 0 Å². The van der Waals surface area contributed by atoms with Gasteiger partial charge in [0, 0.05) is 5.02 Å². The third kappa shape index (κ3) is 6.80. The lowest BCUT2D eigenvalue weighted by Crippen LogP contribution is -2.48. The number of halogens is 2. The molecular weight excluding hydrogens is 425 g/mol. The second kappa shape index (κ2) is 11.2. The van der Waals surface area contributed by atoms with Crippen LogP contribution in [0.3, 0.4) is 0 Å². The van der Waals surface area contributed by atoms with Gasteiger partial charge in [0.1, 0.15) is 18.4 Å². The fourth-order valence-electron chi connectivity index (χ4n) is 2.44. The molecule has 8 heteroatoms. The van der Waals surface area contributed by atoms with Crippen molar-refractivity contribution in [2.24, 2.45) is 11.0 Å². The van der Waals surface area contributed by atoms with Gasteiger partial charge in [0.15, 0.2) is 0 Å². The molecule has 0 heterocycles. The molecule has 2 aromatic rings. The minimum absolute atomic E-state index is 0.178. The Kier molecular flexibility index (Phi) is 8.72. The zero-order valence-corrected chi connectivity index (χ0v) is 18.0. The smallest absolute Gasteiger partial charge is 0.262 e. The Morgan fingerprint density at radius 3 is 2.50 bits per heavy atom. The first-order chi connectivity index (χ1) is 14.3. The molecule has 0 aromatic heterocycles. The van der Waals surface area contributed by atoms with E-state index in [0.717, 1.165) is 5.56 Å². The third-order valence-corrected chi connectivity index (χ3v) is 4.55. The summed E-state index contributed by atoms with van der Waals surface area (Å²) in [6.07, 6.45) is 6.63. The van der Waals surface area contributed by atoms with Gasteiger partial charge in [-0.05, 0) is 53.9 Å². The normalized spacial score (nSPS) is 11.7. The van der Waals surface area contributed by atoms with Gasteiger partial charge in [0.2, 0.25) is 0 Å². The van der Waals surface area contributed by atoms with E-state index in [9.17, 15) is 9.59 Å².